The van der Waals surface area contributed by atoms with E-state index in [1.807, 2.05) is 75.4 Å². The topological polar surface area (TPSA) is 105 Å². The third kappa shape index (κ3) is 8.27. The molecule has 3 rings (SSSR count). The van der Waals surface area contributed by atoms with Crippen molar-refractivity contribution in [1.82, 2.24) is 10.6 Å². The molecule has 3 N–H and O–H groups in total. The van der Waals surface area contributed by atoms with Gasteiger partial charge in [0.25, 0.3) is 0 Å². The van der Waals surface area contributed by atoms with Gasteiger partial charge >= 0.3 is 6.09 Å². The molecule has 0 heterocycles. The minimum atomic E-state index is -1.63. The number of aryl methyl sites for hydroxylation is 1. The summed E-state index contributed by atoms with van der Waals surface area (Å²) in [5, 5.41) is 18.3. The monoisotopic (exact) mass is 584 g/mol. The van der Waals surface area contributed by atoms with E-state index in [0.717, 1.165) is 12.0 Å². The normalized spacial score (nSPS) is 14.5. The zero-order chi connectivity index (χ0) is 31.4. The third-order valence-corrected chi connectivity index (χ3v) is 8.03. The maximum atomic E-state index is 14.4. The molecule has 0 aliphatic heterocycles. The second-order valence-corrected chi connectivity index (χ2v) is 11.0. The van der Waals surface area contributed by atoms with Crippen LogP contribution in [-0.2, 0) is 15.1 Å². The molecule has 7 heteroatoms. The number of Topliss-reactive ketones (excluding diaryl/α,β-unsaturated/α-hetero) is 2. The highest BCUT2D eigenvalue weighted by Crippen LogP contribution is 2.39. The molecule has 3 aromatic carbocycles. The van der Waals surface area contributed by atoms with Gasteiger partial charge in [-0.05, 0) is 37.4 Å². The molecule has 0 radical (unpaired) electrons. The Balaban J connectivity index is 2.06. The van der Waals surface area contributed by atoms with Crippen molar-refractivity contribution in [3.8, 4) is 0 Å². The number of carbonyl (C=O) groups is 3. The quantitative estimate of drug-likeness (QED) is 0.109. The Morgan fingerprint density at radius 1 is 0.977 bits per heavy atom. The summed E-state index contributed by atoms with van der Waals surface area (Å²) in [6.07, 6.45) is 1.85. The lowest BCUT2D eigenvalue weighted by atomic mass is 9.75. The van der Waals surface area contributed by atoms with Gasteiger partial charge in [-0.2, -0.15) is 0 Å². The fourth-order valence-electron chi connectivity index (χ4n) is 5.41. The van der Waals surface area contributed by atoms with Crippen molar-refractivity contribution in [1.29, 1.82) is 0 Å². The third-order valence-electron chi connectivity index (χ3n) is 8.03. The number of ketones is 2. The number of benzene rings is 3. The number of amides is 1. The van der Waals surface area contributed by atoms with E-state index in [0.29, 0.717) is 22.3 Å². The van der Waals surface area contributed by atoms with Crippen molar-refractivity contribution in [3.63, 3.8) is 0 Å². The van der Waals surface area contributed by atoms with Crippen LogP contribution in [0.25, 0.3) is 0 Å². The summed E-state index contributed by atoms with van der Waals surface area (Å²) in [7, 11) is 1.75. The largest absolute Gasteiger partial charge is 0.445 e. The summed E-state index contributed by atoms with van der Waals surface area (Å²) in [6.45, 7) is 9.74. The van der Waals surface area contributed by atoms with Gasteiger partial charge in [-0.1, -0.05) is 117 Å². The molecule has 0 aliphatic carbocycles. The average Bonchev–Trinajstić information content (AvgIpc) is 3.03. The summed E-state index contributed by atoms with van der Waals surface area (Å²) in [5.41, 5.74) is 1.40. The number of aliphatic hydroxyl groups is 1. The van der Waals surface area contributed by atoms with E-state index in [1.165, 1.54) is 6.08 Å². The molecule has 0 aliphatic rings. The van der Waals surface area contributed by atoms with Crippen molar-refractivity contribution < 1.29 is 24.2 Å². The Morgan fingerprint density at radius 3 is 2.23 bits per heavy atom. The molecule has 0 fully saturated rings. The van der Waals surface area contributed by atoms with E-state index in [-0.39, 0.29) is 43.5 Å². The number of alkyl carbamates (subject to hydrolysis) is 1. The fourth-order valence-corrected chi connectivity index (χ4v) is 5.41. The predicted octanol–water partition coefficient (Wildman–Crippen LogP) is 5.97. The van der Waals surface area contributed by atoms with Crippen LogP contribution in [0.1, 0.15) is 65.7 Å². The molecule has 1 amide bonds. The van der Waals surface area contributed by atoms with Gasteiger partial charge in [-0.15, -0.1) is 0 Å². The van der Waals surface area contributed by atoms with E-state index in [1.54, 1.807) is 31.3 Å². The van der Waals surface area contributed by atoms with Gasteiger partial charge in [0.05, 0.1) is 6.04 Å². The van der Waals surface area contributed by atoms with Crippen LogP contribution in [0.4, 0.5) is 4.79 Å². The van der Waals surface area contributed by atoms with Gasteiger partial charge in [-0.3, -0.25) is 9.59 Å². The number of hydrogen-bond acceptors (Lipinski definition) is 6. The molecule has 228 valence electrons. The standard InChI is InChI=1S/C36H44N2O5/c1-6-23-43-35(41)38-22-21-27(24-32(39)33(37-5)26(4)7-2)34(40)30-15-11-12-16-31(30)36(42,28-13-9-8-10-14-28)29-19-17-25(3)18-20-29/h6,8-20,26-27,33,37,42H,1,7,21-24H2,2-5H3,(H,38,41). The number of rotatable bonds is 16. The molecule has 7 nitrogen and oxygen atoms in total. The lowest BCUT2D eigenvalue weighted by Gasteiger charge is -2.32. The first-order valence-corrected chi connectivity index (χ1v) is 14.9. The first kappa shape index (κ1) is 33.4. The minimum absolute atomic E-state index is 0.0132. The molecule has 0 bridgehead atoms. The lowest BCUT2D eigenvalue weighted by Crippen LogP contribution is -2.41. The van der Waals surface area contributed by atoms with E-state index in [2.05, 4.69) is 17.2 Å². The molecule has 43 heavy (non-hydrogen) atoms. The van der Waals surface area contributed by atoms with Crippen LogP contribution < -0.4 is 10.6 Å². The van der Waals surface area contributed by atoms with Crippen molar-refractivity contribution in [2.24, 2.45) is 11.8 Å². The number of nitrogens with one attached hydrogen (secondary N) is 2. The van der Waals surface area contributed by atoms with Crippen LogP contribution >= 0.6 is 0 Å². The highest BCUT2D eigenvalue weighted by Gasteiger charge is 2.38. The number of likely N-dealkylation sites (N-methyl/N-ethyl adjacent to an activating group) is 1. The van der Waals surface area contributed by atoms with Crippen LogP contribution in [0.15, 0.2) is 91.5 Å². The SMILES string of the molecule is C=CCOC(=O)NCCC(CC(=O)C(NC)C(C)CC)C(=O)c1ccccc1C(O)(c1ccccc1)c1ccc(C)cc1. The van der Waals surface area contributed by atoms with E-state index in [4.69, 9.17) is 4.74 Å². The summed E-state index contributed by atoms with van der Waals surface area (Å²) in [5.74, 6) is -1.01. The first-order chi connectivity index (χ1) is 20.7. The van der Waals surface area contributed by atoms with Gasteiger partial charge in [0.15, 0.2) is 11.6 Å². The number of carbonyl (C=O) groups excluding carboxylic acids is 3. The molecule has 0 saturated carbocycles. The van der Waals surface area contributed by atoms with Crippen LogP contribution in [-0.4, -0.2) is 49.0 Å². The van der Waals surface area contributed by atoms with E-state index in [9.17, 15) is 19.5 Å². The van der Waals surface area contributed by atoms with Crippen molar-refractivity contribution >= 4 is 17.7 Å². The second-order valence-electron chi connectivity index (χ2n) is 11.0. The fraction of sp³-hybridized carbons (Fsp3) is 0.361. The molecule has 4 unspecified atom stereocenters. The van der Waals surface area contributed by atoms with Gasteiger partial charge in [-0.25, -0.2) is 4.79 Å². The number of hydrogen-bond donors (Lipinski definition) is 3. The molecule has 0 saturated heterocycles. The summed E-state index contributed by atoms with van der Waals surface area (Å²) < 4.78 is 5.01. The van der Waals surface area contributed by atoms with E-state index < -0.39 is 23.7 Å². The van der Waals surface area contributed by atoms with Crippen LogP contribution in [0.2, 0.25) is 0 Å². The molecular formula is C36H44N2O5. The van der Waals surface area contributed by atoms with Gasteiger partial charge in [0.1, 0.15) is 12.2 Å². The van der Waals surface area contributed by atoms with E-state index >= 15 is 0 Å². The van der Waals surface area contributed by atoms with Crippen molar-refractivity contribution in [2.75, 3.05) is 20.2 Å². The average molecular weight is 585 g/mol. The van der Waals surface area contributed by atoms with Gasteiger partial charge < -0.3 is 20.5 Å². The summed E-state index contributed by atoms with van der Waals surface area (Å²) >= 11 is 0. The zero-order valence-electron chi connectivity index (χ0n) is 25.6. The van der Waals surface area contributed by atoms with Crippen LogP contribution in [0, 0.1) is 18.8 Å². The minimum Gasteiger partial charge on any atom is -0.445 e. The Morgan fingerprint density at radius 2 is 1.60 bits per heavy atom. The van der Waals surface area contributed by atoms with Crippen molar-refractivity contribution in [3.05, 3.63) is 119 Å². The zero-order valence-corrected chi connectivity index (χ0v) is 25.6. The van der Waals surface area contributed by atoms with Gasteiger partial charge in [0.2, 0.25) is 0 Å². The molecular weight excluding hydrogens is 540 g/mol. The van der Waals surface area contributed by atoms with Gasteiger partial charge in [0, 0.05) is 30.0 Å². The first-order valence-electron chi connectivity index (χ1n) is 14.9. The summed E-state index contributed by atoms with van der Waals surface area (Å²) in [6, 6.07) is 23.5. The number of ether oxygens (including phenoxy) is 1. The van der Waals surface area contributed by atoms with Crippen LogP contribution in [0.5, 0.6) is 0 Å². The smallest absolute Gasteiger partial charge is 0.407 e. The van der Waals surface area contributed by atoms with Crippen molar-refractivity contribution in [2.45, 2.75) is 51.7 Å². The second kappa shape index (κ2) is 16.0. The molecule has 0 aromatic heterocycles. The molecule has 0 spiro atoms. The Kier molecular flexibility index (Phi) is 12.4. The lowest BCUT2D eigenvalue weighted by molar-refractivity contribution is -0.122. The molecule has 4 atom stereocenters. The maximum absolute atomic E-state index is 14.4. The Hall–Kier alpha value is -4.07. The highest BCUT2D eigenvalue weighted by molar-refractivity contribution is 6.02. The predicted molar refractivity (Wildman–Crippen MR) is 170 cm³/mol. The maximum Gasteiger partial charge on any atom is 0.407 e. The highest BCUT2D eigenvalue weighted by atomic mass is 16.5. The van der Waals surface area contributed by atoms with Crippen LogP contribution in [0.3, 0.4) is 0 Å². The Bertz CT molecular complexity index is 1370. The molecule has 3 aromatic rings. The summed E-state index contributed by atoms with van der Waals surface area (Å²) in [4.78, 5) is 40.0. The Labute approximate surface area is 255 Å².